The van der Waals surface area contributed by atoms with Crippen LogP contribution in [0.1, 0.15) is 23.8 Å². The average Bonchev–Trinajstić information content (AvgIpc) is 2.51. The van der Waals surface area contributed by atoms with Gasteiger partial charge in [-0.2, -0.15) is 0 Å². The summed E-state index contributed by atoms with van der Waals surface area (Å²) in [5, 5.41) is 8.13. The van der Waals surface area contributed by atoms with E-state index in [2.05, 4.69) is 25.9 Å². The van der Waals surface area contributed by atoms with E-state index in [9.17, 15) is 9.59 Å². The van der Waals surface area contributed by atoms with Crippen LogP contribution < -0.4 is 16.0 Å². The molecule has 0 spiro atoms. The van der Waals surface area contributed by atoms with Crippen LogP contribution in [0.15, 0.2) is 12.4 Å². The molecule has 2 amide bonds. The normalized spacial score (nSPS) is 10.0. The molecular formula is C13H21N5O3. The topological polar surface area (TPSA) is 105 Å². The van der Waals surface area contributed by atoms with Crippen molar-refractivity contribution in [2.75, 3.05) is 38.7 Å². The fourth-order valence-corrected chi connectivity index (χ4v) is 1.42. The third-order valence-corrected chi connectivity index (χ3v) is 2.46. The molecule has 0 aromatic carbocycles. The molecule has 116 valence electrons. The zero-order chi connectivity index (χ0) is 15.5. The van der Waals surface area contributed by atoms with E-state index in [1.165, 1.54) is 6.20 Å². The van der Waals surface area contributed by atoms with Crippen LogP contribution in [0.4, 0.5) is 5.82 Å². The number of carbonyl (C=O) groups is 2. The van der Waals surface area contributed by atoms with E-state index < -0.39 is 5.91 Å². The molecule has 0 aliphatic heterocycles. The van der Waals surface area contributed by atoms with Gasteiger partial charge >= 0.3 is 0 Å². The van der Waals surface area contributed by atoms with E-state index in [1.807, 2.05) is 6.92 Å². The smallest absolute Gasteiger partial charge is 0.272 e. The number of hydrogen-bond acceptors (Lipinski definition) is 6. The molecular weight excluding hydrogens is 274 g/mol. The van der Waals surface area contributed by atoms with E-state index in [4.69, 9.17) is 4.74 Å². The summed E-state index contributed by atoms with van der Waals surface area (Å²) in [6.45, 7) is 3.50. The van der Waals surface area contributed by atoms with Crippen molar-refractivity contribution in [2.24, 2.45) is 0 Å². The van der Waals surface area contributed by atoms with Crippen LogP contribution in [0, 0.1) is 0 Å². The number of carbonyl (C=O) groups excluding carboxylic acids is 2. The van der Waals surface area contributed by atoms with Crippen LogP contribution in [-0.4, -0.2) is 55.1 Å². The Bertz CT molecular complexity index is 467. The highest BCUT2D eigenvalue weighted by molar-refractivity contribution is 5.94. The Hall–Kier alpha value is -2.22. The minimum atomic E-state index is -0.440. The third kappa shape index (κ3) is 6.66. The molecule has 0 atom stereocenters. The first-order valence-electron chi connectivity index (χ1n) is 6.77. The average molecular weight is 295 g/mol. The van der Waals surface area contributed by atoms with Crippen molar-refractivity contribution in [1.82, 2.24) is 20.6 Å². The van der Waals surface area contributed by atoms with Gasteiger partial charge in [-0.15, -0.1) is 0 Å². The van der Waals surface area contributed by atoms with Crippen molar-refractivity contribution in [3.05, 3.63) is 18.1 Å². The summed E-state index contributed by atoms with van der Waals surface area (Å²) in [6.07, 6.45) is 3.85. The molecule has 0 bridgehead atoms. The highest BCUT2D eigenvalue weighted by Crippen LogP contribution is 2.02. The standard InChI is InChI=1S/C13H21N5O3/c1-3-4-15-11-8-14-7-10(18-11)13(20)17-9-12(19)16-5-6-21-2/h7-8H,3-6,9H2,1-2H3,(H,15,18)(H,16,19)(H,17,20). The zero-order valence-corrected chi connectivity index (χ0v) is 12.3. The molecule has 1 aromatic rings. The van der Waals surface area contributed by atoms with Crippen molar-refractivity contribution in [3.8, 4) is 0 Å². The predicted molar refractivity (Wildman–Crippen MR) is 78.0 cm³/mol. The fraction of sp³-hybridized carbons (Fsp3) is 0.538. The molecule has 0 saturated carbocycles. The lowest BCUT2D eigenvalue weighted by Crippen LogP contribution is -2.38. The first kappa shape index (κ1) is 16.8. The van der Waals surface area contributed by atoms with E-state index in [0.29, 0.717) is 19.0 Å². The number of ether oxygens (including phenoxy) is 1. The molecule has 0 saturated heterocycles. The molecule has 0 unspecified atom stereocenters. The summed E-state index contributed by atoms with van der Waals surface area (Å²) in [5.74, 6) is -0.188. The van der Waals surface area contributed by atoms with Crippen molar-refractivity contribution in [2.45, 2.75) is 13.3 Å². The van der Waals surface area contributed by atoms with Crippen molar-refractivity contribution in [1.29, 1.82) is 0 Å². The monoisotopic (exact) mass is 295 g/mol. The van der Waals surface area contributed by atoms with Gasteiger partial charge in [0.25, 0.3) is 5.91 Å². The van der Waals surface area contributed by atoms with Gasteiger partial charge in [0.05, 0.1) is 25.5 Å². The molecule has 1 heterocycles. The van der Waals surface area contributed by atoms with E-state index in [-0.39, 0.29) is 18.1 Å². The van der Waals surface area contributed by atoms with Gasteiger partial charge in [-0.3, -0.25) is 14.6 Å². The summed E-state index contributed by atoms with van der Waals surface area (Å²) in [5.41, 5.74) is 0.167. The van der Waals surface area contributed by atoms with E-state index in [0.717, 1.165) is 13.0 Å². The van der Waals surface area contributed by atoms with Crippen LogP contribution in [0.25, 0.3) is 0 Å². The van der Waals surface area contributed by atoms with Crippen LogP contribution in [0.3, 0.4) is 0 Å². The Kier molecular flexibility index (Phi) is 7.73. The summed E-state index contributed by atoms with van der Waals surface area (Å²) in [4.78, 5) is 31.4. The second-order valence-electron chi connectivity index (χ2n) is 4.24. The molecule has 3 N–H and O–H groups in total. The quantitative estimate of drug-likeness (QED) is 0.544. The van der Waals surface area contributed by atoms with Gasteiger partial charge < -0.3 is 20.7 Å². The fourth-order valence-electron chi connectivity index (χ4n) is 1.42. The summed E-state index contributed by atoms with van der Waals surface area (Å²) in [6, 6.07) is 0. The number of nitrogens with one attached hydrogen (secondary N) is 3. The van der Waals surface area contributed by atoms with Gasteiger partial charge in [0.2, 0.25) is 5.91 Å². The van der Waals surface area contributed by atoms with Gasteiger partial charge in [0.1, 0.15) is 11.5 Å². The lowest BCUT2D eigenvalue weighted by atomic mass is 10.4. The number of aromatic nitrogens is 2. The number of anilines is 1. The number of amides is 2. The van der Waals surface area contributed by atoms with Crippen LogP contribution in [0.5, 0.6) is 0 Å². The highest BCUT2D eigenvalue weighted by Gasteiger charge is 2.10. The summed E-state index contributed by atoms with van der Waals surface area (Å²) < 4.78 is 4.81. The number of rotatable bonds is 9. The first-order valence-corrected chi connectivity index (χ1v) is 6.77. The second kappa shape index (κ2) is 9.65. The van der Waals surface area contributed by atoms with E-state index in [1.54, 1.807) is 13.3 Å². The van der Waals surface area contributed by atoms with E-state index >= 15 is 0 Å². The Morgan fingerprint density at radius 1 is 1.24 bits per heavy atom. The second-order valence-corrected chi connectivity index (χ2v) is 4.24. The van der Waals surface area contributed by atoms with Crippen LogP contribution in [0.2, 0.25) is 0 Å². The summed E-state index contributed by atoms with van der Waals surface area (Å²) >= 11 is 0. The van der Waals surface area contributed by atoms with Crippen molar-refractivity contribution >= 4 is 17.6 Å². The number of hydrogen-bond donors (Lipinski definition) is 3. The maximum Gasteiger partial charge on any atom is 0.272 e. The van der Waals surface area contributed by atoms with Gasteiger partial charge in [0, 0.05) is 20.2 Å². The molecule has 0 aliphatic carbocycles. The molecule has 0 fully saturated rings. The van der Waals surface area contributed by atoms with Gasteiger partial charge in [-0.25, -0.2) is 4.98 Å². The van der Waals surface area contributed by atoms with Crippen molar-refractivity contribution < 1.29 is 14.3 Å². The van der Waals surface area contributed by atoms with Gasteiger partial charge in [-0.05, 0) is 6.42 Å². The summed E-state index contributed by atoms with van der Waals surface area (Å²) in [7, 11) is 1.55. The molecule has 1 aromatic heterocycles. The van der Waals surface area contributed by atoms with Crippen molar-refractivity contribution in [3.63, 3.8) is 0 Å². The van der Waals surface area contributed by atoms with Crippen LogP contribution >= 0.6 is 0 Å². The molecule has 8 nitrogen and oxygen atoms in total. The van der Waals surface area contributed by atoms with Crippen LogP contribution in [-0.2, 0) is 9.53 Å². The SMILES string of the molecule is CCCNc1cncc(C(=O)NCC(=O)NCCOC)n1. The molecule has 0 aliphatic rings. The predicted octanol–water partition coefficient (Wildman–Crippen LogP) is -0.209. The Morgan fingerprint density at radius 3 is 2.76 bits per heavy atom. The van der Waals surface area contributed by atoms with Gasteiger partial charge in [-0.1, -0.05) is 6.92 Å². The number of methoxy groups -OCH3 is 1. The minimum absolute atomic E-state index is 0.114. The molecule has 21 heavy (non-hydrogen) atoms. The Labute approximate surface area is 123 Å². The number of nitrogens with zero attached hydrogens (tertiary/aromatic N) is 2. The maximum atomic E-state index is 11.9. The largest absolute Gasteiger partial charge is 0.383 e. The Morgan fingerprint density at radius 2 is 2.05 bits per heavy atom. The highest BCUT2D eigenvalue weighted by atomic mass is 16.5. The first-order chi connectivity index (χ1) is 10.2. The minimum Gasteiger partial charge on any atom is -0.383 e. The lowest BCUT2D eigenvalue weighted by Gasteiger charge is -2.07. The lowest BCUT2D eigenvalue weighted by molar-refractivity contribution is -0.120. The maximum absolute atomic E-state index is 11.9. The third-order valence-electron chi connectivity index (χ3n) is 2.46. The van der Waals surface area contributed by atoms with Gasteiger partial charge in [0.15, 0.2) is 0 Å². The molecule has 1 rings (SSSR count). The molecule has 0 radical (unpaired) electrons. The molecule has 8 heteroatoms. The zero-order valence-electron chi connectivity index (χ0n) is 12.3. The Balaban J connectivity index is 2.42.